The topological polar surface area (TPSA) is 20.3 Å². The molecule has 112 valence electrons. The van der Waals surface area contributed by atoms with Crippen LogP contribution in [0.1, 0.15) is 49.9 Å². The van der Waals surface area contributed by atoms with Crippen molar-refractivity contribution in [3.05, 3.63) is 35.2 Å². The minimum absolute atomic E-state index is 0.262. The molecule has 0 amide bonds. The van der Waals surface area contributed by atoms with Gasteiger partial charge in [-0.2, -0.15) is 0 Å². The van der Waals surface area contributed by atoms with Gasteiger partial charge in [0.2, 0.25) is 0 Å². The van der Waals surface area contributed by atoms with Gasteiger partial charge in [-0.05, 0) is 48.8 Å². The second kappa shape index (κ2) is 5.90. The van der Waals surface area contributed by atoms with Crippen LogP contribution in [0.25, 0.3) is 10.1 Å². The van der Waals surface area contributed by atoms with Crippen LogP contribution in [-0.2, 0) is 0 Å². The Balaban J connectivity index is 2.08. The van der Waals surface area contributed by atoms with Crippen LogP contribution >= 0.6 is 11.3 Å². The molecule has 0 radical (unpaired) electrons. The zero-order valence-corrected chi connectivity index (χ0v) is 13.7. The van der Waals surface area contributed by atoms with Crippen molar-refractivity contribution in [3.8, 4) is 0 Å². The Hall–Kier alpha value is -1.19. The third-order valence-electron chi connectivity index (χ3n) is 4.95. The Morgan fingerprint density at radius 2 is 1.90 bits per heavy atom. The smallest absolute Gasteiger partial charge is 0.184 e. The molecule has 1 aliphatic carbocycles. The van der Waals surface area contributed by atoms with E-state index in [1.54, 1.807) is 11.3 Å². The van der Waals surface area contributed by atoms with Gasteiger partial charge in [0, 0.05) is 10.3 Å². The molecule has 1 aromatic heterocycles. The van der Waals surface area contributed by atoms with E-state index >= 15 is 0 Å². The maximum Gasteiger partial charge on any atom is 0.184 e. The Morgan fingerprint density at radius 1 is 1.19 bits per heavy atom. The van der Waals surface area contributed by atoms with Crippen LogP contribution in [0.4, 0.5) is 0 Å². The van der Waals surface area contributed by atoms with Crippen molar-refractivity contribution >= 4 is 27.2 Å². The SMILES string of the molecule is CCN(CC)C1(C(=O)c2cccc3ccsc23)CCCC1. The summed E-state index contributed by atoms with van der Waals surface area (Å²) in [5.74, 6) is 0.344. The van der Waals surface area contributed by atoms with E-state index in [9.17, 15) is 4.79 Å². The molecule has 0 bridgehead atoms. The van der Waals surface area contributed by atoms with Gasteiger partial charge in [0.1, 0.15) is 0 Å². The summed E-state index contributed by atoms with van der Waals surface area (Å²) in [5, 5.41) is 3.28. The summed E-state index contributed by atoms with van der Waals surface area (Å²) in [4.78, 5) is 15.8. The summed E-state index contributed by atoms with van der Waals surface area (Å²) in [6, 6.07) is 8.24. The third kappa shape index (κ3) is 2.33. The molecule has 0 N–H and O–H groups in total. The molecule has 2 nitrogen and oxygen atoms in total. The normalized spacial score (nSPS) is 17.7. The minimum atomic E-state index is -0.262. The molecule has 0 aliphatic heterocycles. The fourth-order valence-electron chi connectivity index (χ4n) is 3.90. The Kier molecular flexibility index (Phi) is 4.14. The largest absolute Gasteiger partial charge is 0.292 e. The molecule has 1 aromatic carbocycles. The molecular formula is C18H23NOS. The minimum Gasteiger partial charge on any atom is -0.292 e. The highest BCUT2D eigenvalue weighted by Gasteiger charge is 2.45. The average Bonchev–Trinajstić information content (AvgIpc) is 3.17. The lowest BCUT2D eigenvalue weighted by atomic mass is 9.85. The van der Waals surface area contributed by atoms with E-state index in [1.165, 1.54) is 18.2 Å². The van der Waals surface area contributed by atoms with Gasteiger partial charge in [-0.15, -0.1) is 11.3 Å². The standard InChI is InChI=1S/C18H23NOS/c1-3-19(4-2)18(11-5-6-12-18)17(20)15-9-7-8-14-10-13-21-16(14)15/h7-10,13H,3-6,11-12H2,1-2H3. The number of rotatable bonds is 5. The van der Waals surface area contributed by atoms with Crippen molar-refractivity contribution < 1.29 is 4.79 Å². The monoisotopic (exact) mass is 301 g/mol. The fraction of sp³-hybridized carbons (Fsp3) is 0.500. The van der Waals surface area contributed by atoms with Crippen molar-refractivity contribution in [3.63, 3.8) is 0 Å². The quantitative estimate of drug-likeness (QED) is 0.744. The van der Waals surface area contributed by atoms with Crippen molar-refractivity contribution in [2.24, 2.45) is 0 Å². The van der Waals surface area contributed by atoms with Crippen molar-refractivity contribution in [1.29, 1.82) is 0 Å². The highest BCUT2D eigenvalue weighted by molar-refractivity contribution is 7.17. The zero-order valence-electron chi connectivity index (χ0n) is 12.9. The lowest BCUT2D eigenvalue weighted by Gasteiger charge is -2.39. The number of likely N-dealkylation sites (N-methyl/N-ethyl adjacent to an activating group) is 1. The number of hydrogen-bond acceptors (Lipinski definition) is 3. The summed E-state index contributed by atoms with van der Waals surface area (Å²) in [5.41, 5.74) is 0.665. The Labute approximate surface area is 130 Å². The molecule has 0 unspecified atom stereocenters. The maximum atomic E-state index is 13.4. The molecule has 0 saturated heterocycles. The Morgan fingerprint density at radius 3 is 2.57 bits per heavy atom. The highest BCUT2D eigenvalue weighted by atomic mass is 32.1. The van der Waals surface area contributed by atoms with Crippen molar-refractivity contribution in [1.82, 2.24) is 4.90 Å². The molecule has 2 aromatic rings. The summed E-state index contributed by atoms with van der Waals surface area (Å²) in [6.07, 6.45) is 4.36. The summed E-state index contributed by atoms with van der Waals surface area (Å²) >= 11 is 1.69. The van der Waals surface area contributed by atoms with E-state index in [-0.39, 0.29) is 5.54 Å². The summed E-state index contributed by atoms with van der Waals surface area (Å²) < 4.78 is 1.15. The predicted octanol–water partition coefficient (Wildman–Crippen LogP) is 4.74. The summed E-state index contributed by atoms with van der Waals surface area (Å²) in [6.45, 7) is 6.23. The van der Waals surface area contributed by atoms with E-state index in [0.29, 0.717) is 5.78 Å². The first kappa shape index (κ1) is 14.7. The van der Waals surface area contributed by atoms with E-state index < -0.39 is 0 Å². The van der Waals surface area contributed by atoms with Crippen LogP contribution in [0.5, 0.6) is 0 Å². The number of hydrogen-bond donors (Lipinski definition) is 0. The van der Waals surface area contributed by atoms with Crippen LogP contribution in [-0.4, -0.2) is 29.3 Å². The molecule has 3 rings (SSSR count). The number of nitrogens with zero attached hydrogens (tertiary/aromatic N) is 1. The van der Waals surface area contributed by atoms with E-state index in [0.717, 1.165) is 36.2 Å². The molecule has 1 aliphatic rings. The highest BCUT2D eigenvalue weighted by Crippen LogP contribution is 2.39. The molecule has 0 spiro atoms. The maximum absolute atomic E-state index is 13.4. The molecule has 3 heteroatoms. The number of carbonyl (C=O) groups excluding carboxylic acids is 1. The van der Waals surface area contributed by atoms with Gasteiger partial charge >= 0.3 is 0 Å². The van der Waals surface area contributed by atoms with E-state index in [2.05, 4.69) is 36.3 Å². The summed E-state index contributed by atoms with van der Waals surface area (Å²) in [7, 11) is 0. The number of Topliss-reactive ketones (excluding diaryl/α,β-unsaturated/α-hetero) is 1. The average molecular weight is 301 g/mol. The molecule has 21 heavy (non-hydrogen) atoms. The first-order chi connectivity index (χ1) is 10.2. The molecule has 1 fully saturated rings. The molecular weight excluding hydrogens is 278 g/mol. The number of fused-ring (bicyclic) bond motifs is 1. The lowest BCUT2D eigenvalue weighted by Crippen LogP contribution is -2.52. The number of benzene rings is 1. The number of thiophene rings is 1. The second-order valence-corrected chi connectivity index (χ2v) is 6.80. The van der Waals surface area contributed by atoms with Gasteiger partial charge in [-0.25, -0.2) is 0 Å². The first-order valence-electron chi connectivity index (χ1n) is 7.99. The Bertz CT molecular complexity index is 635. The predicted molar refractivity (Wildman–Crippen MR) is 90.3 cm³/mol. The first-order valence-corrected chi connectivity index (χ1v) is 8.87. The van der Waals surface area contributed by atoms with E-state index in [4.69, 9.17) is 0 Å². The second-order valence-electron chi connectivity index (χ2n) is 5.88. The van der Waals surface area contributed by atoms with Gasteiger partial charge in [-0.3, -0.25) is 9.69 Å². The molecule has 1 heterocycles. The zero-order chi connectivity index (χ0) is 14.9. The number of ketones is 1. The van der Waals surface area contributed by atoms with Crippen molar-refractivity contribution in [2.45, 2.75) is 45.1 Å². The van der Waals surface area contributed by atoms with Gasteiger partial charge < -0.3 is 0 Å². The number of carbonyl (C=O) groups is 1. The van der Waals surface area contributed by atoms with Gasteiger partial charge in [0.15, 0.2) is 5.78 Å². The van der Waals surface area contributed by atoms with Crippen LogP contribution in [0.3, 0.4) is 0 Å². The van der Waals surface area contributed by atoms with Crippen LogP contribution in [0, 0.1) is 0 Å². The molecule has 0 atom stereocenters. The van der Waals surface area contributed by atoms with Crippen LogP contribution < -0.4 is 0 Å². The van der Waals surface area contributed by atoms with Crippen molar-refractivity contribution in [2.75, 3.05) is 13.1 Å². The van der Waals surface area contributed by atoms with E-state index in [1.807, 2.05) is 12.1 Å². The van der Waals surface area contributed by atoms with Gasteiger partial charge in [0.05, 0.1) is 5.54 Å². The van der Waals surface area contributed by atoms with Crippen LogP contribution in [0.15, 0.2) is 29.6 Å². The fourth-order valence-corrected chi connectivity index (χ4v) is 4.81. The third-order valence-corrected chi connectivity index (χ3v) is 5.91. The van der Waals surface area contributed by atoms with Crippen LogP contribution in [0.2, 0.25) is 0 Å². The molecule has 1 saturated carbocycles. The lowest BCUT2D eigenvalue weighted by molar-refractivity contribution is 0.0586. The van der Waals surface area contributed by atoms with Gasteiger partial charge in [0.25, 0.3) is 0 Å². The van der Waals surface area contributed by atoms with Gasteiger partial charge in [-0.1, -0.05) is 38.8 Å².